The molecule has 0 bridgehead atoms. The number of aliphatic imine (C=N–C) groups is 1. The number of nitrogens with zero attached hydrogens (tertiary/aromatic N) is 1. The Morgan fingerprint density at radius 2 is 1.75 bits per heavy atom. The molecular formula is C14H18BrN. The van der Waals surface area contributed by atoms with Gasteiger partial charge in [0.15, 0.2) is 0 Å². The number of halogens is 1. The molecule has 0 spiro atoms. The fourth-order valence-electron chi connectivity index (χ4n) is 2.25. The second kappa shape index (κ2) is 5.62. The highest BCUT2D eigenvalue weighted by atomic mass is 79.9. The van der Waals surface area contributed by atoms with Crippen molar-refractivity contribution in [3.8, 4) is 0 Å². The van der Waals surface area contributed by atoms with Crippen molar-refractivity contribution in [3.63, 3.8) is 0 Å². The molecule has 1 saturated carbocycles. The van der Waals surface area contributed by atoms with Gasteiger partial charge < -0.3 is 0 Å². The van der Waals surface area contributed by atoms with Crippen LogP contribution in [0.2, 0.25) is 0 Å². The molecule has 2 heteroatoms. The summed E-state index contributed by atoms with van der Waals surface area (Å²) in [4.78, 5) is 4.84. The number of rotatable bonds is 2. The lowest BCUT2D eigenvalue weighted by atomic mass is 9.96. The van der Waals surface area contributed by atoms with Gasteiger partial charge in [-0.05, 0) is 37.5 Å². The first-order chi connectivity index (χ1) is 7.75. The van der Waals surface area contributed by atoms with Crippen LogP contribution in [-0.2, 0) is 0 Å². The Morgan fingerprint density at radius 1 is 1.12 bits per heavy atom. The van der Waals surface area contributed by atoms with Crippen LogP contribution in [0, 0.1) is 0 Å². The second-order valence-electron chi connectivity index (χ2n) is 4.51. The van der Waals surface area contributed by atoms with Crippen molar-refractivity contribution in [1.29, 1.82) is 0 Å². The molecule has 0 aliphatic heterocycles. The van der Waals surface area contributed by atoms with Crippen molar-refractivity contribution < 1.29 is 0 Å². The molecule has 0 radical (unpaired) electrons. The summed E-state index contributed by atoms with van der Waals surface area (Å²) in [5.41, 5.74) is 2.42. The highest BCUT2D eigenvalue weighted by Gasteiger charge is 2.12. The Hall–Kier alpha value is -0.630. The molecule has 0 heterocycles. The maximum absolute atomic E-state index is 4.84. The molecule has 2 rings (SSSR count). The van der Waals surface area contributed by atoms with Gasteiger partial charge in [0.2, 0.25) is 0 Å². The minimum atomic E-state index is 0.567. The minimum Gasteiger partial charge on any atom is -0.286 e. The van der Waals surface area contributed by atoms with Crippen LogP contribution >= 0.6 is 15.9 Å². The third-order valence-electron chi connectivity index (χ3n) is 3.21. The predicted octanol–water partition coefficient (Wildman–Crippen LogP) is 4.59. The molecule has 1 fully saturated rings. The van der Waals surface area contributed by atoms with Gasteiger partial charge in [0.25, 0.3) is 0 Å². The van der Waals surface area contributed by atoms with Crippen LogP contribution in [0.3, 0.4) is 0 Å². The number of hydrogen-bond donors (Lipinski definition) is 0. The zero-order chi connectivity index (χ0) is 11.4. The maximum atomic E-state index is 4.84. The Labute approximate surface area is 106 Å². The molecule has 0 N–H and O–H groups in total. The monoisotopic (exact) mass is 279 g/mol. The molecule has 0 unspecified atom stereocenters. The standard InChI is InChI=1S/C14H18BrN/c1-11(12-7-9-13(15)10-8-12)16-14-5-3-2-4-6-14/h7-10,14H,2-6H2,1H3/b16-11-. The molecule has 86 valence electrons. The highest BCUT2D eigenvalue weighted by Crippen LogP contribution is 2.21. The first-order valence-corrected chi connectivity index (χ1v) is 6.85. The van der Waals surface area contributed by atoms with Gasteiger partial charge in [-0.3, -0.25) is 4.99 Å². The van der Waals surface area contributed by atoms with Gasteiger partial charge in [-0.1, -0.05) is 47.3 Å². The van der Waals surface area contributed by atoms with Gasteiger partial charge in [0.1, 0.15) is 0 Å². The van der Waals surface area contributed by atoms with E-state index in [0.29, 0.717) is 6.04 Å². The van der Waals surface area contributed by atoms with E-state index in [1.54, 1.807) is 0 Å². The summed E-state index contributed by atoms with van der Waals surface area (Å²) in [6, 6.07) is 8.99. The molecule has 1 nitrogen and oxygen atoms in total. The summed E-state index contributed by atoms with van der Waals surface area (Å²) in [6.07, 6.45) is 6.63. The Morgan fingerprint density at radius 3 is 2.38 bits per heavy atom. The molecular weight excluding hydrogens is 262 g/mol. The number of benzene rings is 1. The topological polar surface area (TPSA) is 12.4 Å². The Balaban J connectivity index is 2.07. The van der Waals surface area contributed by atoms with Crippen molar-refractivity contribution in [3.05, 3.63) is 34.3 Å². The van der Waals surface area contributed by atoms with E-state index < -0.39 is 0 Å². The first kappa shape index (κ1) is 11.8. The smallest absolute Gasteiger partial charge is 0.0503 e. The predicted molar refractivity (Wildman–Crippen MR) is 73.2 cm³/mol. The van der Waals surface area contributed by atoms with Gasteiger partial charge in [-0.25, -0.2) is 0 Å². The SMILES string of the molecule is C/C(=N/C1CCCCC1)c1ccc(Br)cc1. The molecule has 1 aromatic rings. The third kappa shape index (κ3) is 3.18. The zero-order valence-electron chi connectivity index (χ0n) is 9.75. The molecule has 1 aliphatic rings. The van der Waals surface area contributed by atoms with Gasteiger partial charge in [0, 0.05) is 10.2 Å². The van der Waals surface area contributed by atoms with Gasteiger partial charge in [-0.15, -0.1) is 0 Å². The highest BCUT2D eigenvalue weighted by molar-refractivity contribution is 9.10. The molecule has 0 atom stereocenters. The zero-order valence-corrected chi connectivity index (χ0v) is 11.3. The van der Waals surface area contributed by atoms with E-state index in [0.717, 1.165) is 4.47 Å². The average Bonchev–Trinajstić information content (AvgIpc) is 2.31. The van der Waals surface area contributed by atoms with Crippen LogP contribution in [0.25, 0.3) is 0 Å². The Bertz CT molecular complexity index is 361. The maximum Gasteiger partial charge on any atom is 0.0503 e. The Kier molecular flexibility index (Phi) is 4.16. The number of hydrogen-bond acceptors (Lipinski definition) is 1. The van der Waals surface area contributed by atoms with Gasteiger partial charge >= 0.3 is 0 Å². The van der Waals surface area contributed by atoms with Crippen LogP contribution in [0.5, 0.6) is 0 Å². The summed E-state index contributed by atoms with van der Waals surface area (Å²) >= 11 is 3.45. The van der Waals surface area contributed by atoms with Crippen molar-refractivity contribution in [2.45, 2.75) is 45.1 Å². The summed E-state index contributed by atoms with van der Waals surface area (Å²) in [6.45, 7) is 2.12. The fourth-order valence-corrected chi connectivity index (χ4v) is 2.51. The normalized spacial score (nSPS) is 18.8. The molecule has 16 heavy (non-hydrogen) atoms. The molecule has 0 saturated heterocycles. The van der Waals surface area contributed by atoms with Gasteiger partial charge in [0.05, 0.1) is 6.04 Å². The van der Waals surface area contributed by atoms with Crippen molar-refractivity contribution >= 4 is 21.6 Å². The van der Waals surface area contributed by atoms with E-state index in [1.165, 1.54) is 43.4 Å². The molecule has 1 aromatic carbocycles. The van der Waals surface area contributed by atoms with Crippen LogP contribution in [0.15, 0.2) is 33.7 Å². The third-order valence-corrected chi connectivity index (χ3v) is 3.74. The first-order valence-electron chi connectivity index (χ1n) is 6.06. The van der Waals surface area contributed by atoms with E-state index in [2.05, 4.69) is 47.1 Å². The van der Waals surface area contributed by atoms with E-state index in [-0.39, 0.29) is 0 Å². The van der Waals surface area contributed by atoms with Crippen LogP contribution in [0.1, 0.15) is 44.6 Å². The largest absolute Gasteiger partial charge is 0.286 e. The minimum absolute atomic E-state index is 0.567. The van der Waals surface area contributed by atoms with Crippen molar-refractivity contribution in [2.75, 3.05) is 0 Å². The van der Waals surface area contributed by atoms with Crippen LogP contribution in [0.4, 0.5) is 0 Å². The lowest BCUT2D eigenvalue weighted by Crippen LogP contribution is -2.12. The van der Waals surface area contributed by atoms with Crippen molar-refractivity contribution in [1.82, 2.24) is 0 Å². The van der Waals surface area contributed by atoms with Crippen LogP contribution < -0.4 is 0 Å². The lowest BCUT2D eigenvalue weighted by Gasteiger charge is -2.18. The molecule has 1 aliphatic carbocycles. The summed E-state index contributed by atoms with van der Waals surface area (Å²) < 4.78 is 1.13. The fraction of sp³-hybridized carbons (Fsp3) is 0.500. The summed E-state index contributed by atoms with van der Waals surface area (Å²) in [5, 5.41) is 0. The average molecular weight is 280 g/mol. The summed E-state index contributed by atoms with van der Waals surface area (Å²) in [5.74, 6) is 0. The molecule has 0 aromatic heterocycles. The van der Waals surface area contributed by atoms with E-state index in [1.807, 2.05) is 0 Å². The van der Waals surface area contributed by atoms with E-state index in [9.17, 15) is 0 Å². The summed E-state index contributed by atoms with van der Waals surface area (Å²) in [7, 11) is 0. The van der Waals surface area contributed by atoms with Crippen LogP contribution in [-0.4, -0.2) is 11.8 Å². The van der Waals surface area contributed by atoms with Crippen molar-refractivity contribution in [2.24, 2.45) is 4.99 Å². The second-order valence-corrected chi connectivity index (χ2v) is 5.43. The van der Waals surface area contributed by atoms with Gasteiger partial charge in [-0.2, -0.15) is 0 Å². The quantitative estimate of drug-likeness (QED) is 0.702. The molecule has 0 amide bonds. The lowest BCUT2D eigenvalue weighted by molar-refractivity contribution is 0.443. The van der Waals surface area contributed by atoms with E-state index in [4.69, 9.17) is 4.99 Å². The van der Waals surface area contributed by atoms with E-state index >= 15 is 0 Å².